The molecule has 2 aromatic rings. The molecule has 1 atom stereocenters. The Labute approximate surface area is 120 Å². The van der Waals surface area contributed by atoms with Crippen LogP contribution in [0.3, 0.4) is 0 Å². The van der Waals surface area contributed by atoms with Gasteiger partial charge in [-0.05, 0) is 26.8 Å². The lowest BCUT2D eigenvalue weighted by molar-refractivity contribution is 0.0852. The summed E-state index contributed by atoms with van der Waals surface area (Å²) in [5, 5.41) is 15.0. The van der Waals surface area contributed by atoms with Gasteiger partial charge in [0, 0.05) is 11.6 Å². The maximum Gasteiger partial charge on any atom is 0.165 e. The predicted molar refractivity (Wildman–Crippen MR) is 72.7 cm³/mol. The first-order chi connectivity index (χ1) is 9.26. The number of nitrogens with zero attached hydrogens (tertiary/aromatic N) is 2. The van der Waals surface area contributed by atoms with E-state index < -0.39 is 17.2 Å². The fraction of sp³-hybridized carbons (Fsp3) is 0.357. The summed E-state index contributed by atoms with van der Waals surface area (Å²) in [6.07, 6.45) is 1.38. The van der Waals surface area contributed by atoms with Gasteiger partial charge in [0.25, 0.3) is 0 Å². The van der Waals surface area contributed by atoms with Crippen LogP contribution in [0.1, 0.15) is 38.1 Å². The summed E-state index contributed by atoms with van der Waals surface area (Å²) in [5.74, 6) is -2.11. The van der Waals surface area contributed by atoms with Crippen molar-refractivity contribution < 1.29 is 13.9 Å². The van der Waals surface area contributed by atoms with Gasteiger partial charge in [-0.1, -0.05) is 23.7 Å². The lowest BCUT2D eigenvalue weighted by atomic mass is 9.91. The van der Waals surface area contributed by atoms with Crippen molar-refractivity contribution in [2.75, 3.05) is 0 Å². The molecule has 108 valence electrons. The lowest BCUT2D eigenvalue weighted by Gasteiger charge is -2.27. The van der Waals surface area contributed by atoms with E-state index in [2.05, 4.69) is 5.10 Å². The number of aromatic nitrogens is 2. The Hall–Kier alpha value is -1.46. The maximum absolute atomic E-state index is 13.9. The molecule has 0 radical (unpaired) electrons. The van der Waals surface area contributed by atoms with E-state index in [-0.39, 0.29) is 22.3 Å². The van der Waals surface area contributed by atoms with Crippen molar-refractivity contribution in [3.05, 3.63) is 52.3 Å². The summed E-state index contributed by atoms with van der Waals surface area (Å²) >= 11 is 6.06. The third-order valence-electron chi connectivity index (χ3n) is 3.18. The minimum atomic E-state index is -1.79. The van der Waals surface area contributed by atoms with Crippen molar-refractivity contribution in [1.29, 1.82) is 0 Å². The number of benzene rings is 1. The number of aliphatic hydroxyl groups is 1. The van der Waals surface area contributed by atoms with Crippen LogP contribution in [0, 0.1) is 11.6 Å². The van der Waals surface area contributed by atoms with Gasteiger partial charge < -0.3 is 5.11 Å². The Morgan fingerprint density at radius 3 is 2.60 bits per heavy atom. The molecule has 0 amide bonds. The SMILES string of the molecule is CC(C)n1ncc(Cl)c1C(C)(O)c1cccc(F)c1F. The average molecular weight is 301 g/mol. The van der Waals surface area contributed by atoms with E-state index in [4.69, 9.17) is 11.6 Å². The number of halogens is 3. The molecule has 1 N–H and O–H groups in total. The van der Waals surface area contributed by atoms with Gasteiger partial charge in [-0.2, -0.15) is 5.10 Å². The van der Waals surface area contributed by atoms with Crippen LogP contribution >= 0.6 is 11.6 Å². The van der Waals surface area contributed by atoms with Crippen molar-refractivity contribution >= 4 is 11.6 Å². The van der Waals surface area contributed by atoms with Crippen molar-refractivity contribution in [2.24, 2.45) is 0 Å². The third-order valence-corrected chi connectivity index (χ3v) is 3.45. The van der Waals surface area contributed by atoms with Crippen molar-refractivity contribution in [3.8, 4) is 0 Å². The largest absolute Gasteiger partial charge is 0.379 e. The Kier molecular flexibility index (Phi) is 3.84. The predicted octanol–water partition coefficient (Wildman–Crippen LogP) is 3.65. The molecular weight excluding hydrogens is 286 g/mol. The molecule has 0 aliphatic heterocycles. The number of rotatable bonds is 3. The number of hydrogen-bond acceptors (Lipinski definition) is 2. The molecule has 2 rings (SSSR count). The molecule has 3 nitrogen and oxygen atoms in total. The summed E-state index contributed by atoms with van der Waals surface area (Å²) < 4.78 is 28.8. The van der Waals surface area contributed by atoms with Gasteiger partial charge in [0.05, 0.1) is 16.9 Å². The van der Waals surface area contributed by atoms with E-state index in [9.17, 15) is 13.9 Å². The van der Waals surface area contributed by atoms with Gasteiger partial charge in [0.2, 0.25) is 0 Å². The highest BCUT2D eigenvalue weighted by Crippen LogP contribution is 2.36. The standard InChI is InChI=1S/C14H15ClF2N2O/c1-8(2)19-13(10(15)7-18-19)14(3,20)9-5-4-6-11(16)12(9)17/h4-8,20H,1-3H3. The fourth-order valence-corrected chi connectivity index (χ4v) is 2.51. The topological polar surface area (TPSA) is 38.0 Å². The van der Waals surface area contributed by atoms with E-state index in [1.807, 2.05) is 13.8 Å². The molecule has 0 saturated heterocycles. The molecule has 0 spiro atoms. The zero-order valence-electron chi connectivity index (χ0n) is 11.4. The summed E-state index contributed by atoms with van der Waals surface area (Å²) in [6.45, 7) is 5.07. The van der Waals surface area contributed by atoms with E-state index >= 15 is 0 Å². The van der Waals surface area contributed by atoms with E-state index in [0.717, 1.165) is 6.07 Å². The van der Waals surface area contributed by atoms with Gasteiger partial charge in [-0.25, -0.2) is 8.78 Å². The first kappa shape index (κ1) is 14.9. The van der Waals surface area contributed by atoms with Crippen LogP contribution < -0.4 is 0 Å². The highest BCUT2D eigenvalue weighted by molar-refractivity contribution is 6.31. The Morgan fingerprint density at radius 2 is 2.00 bits per heavy atom. The van der Waals surface area contributed by atoms with Crippen LogP contribution in [0.25, 0.3) is 0 Å². The highest BCUT2D eigenvalue weighted by Gasteiger charge is 2.36. The molecule has 1 aromatic heterocycles. The van der Waals surface area contributed by atoms with Crippen LogP contribution in [0.15, 0.2) is 24.4 Å². The maximum atomic E-state index is 13.9. The fourth-order valence-electron chi connectivity index (χ4n) is 2.20. The van der Waals surface area contributed by atoms with Crippen LogP contribution in [-0.4, -0.2) is 14.9 Å². The molecule has 1 heterocycles. The lowest BCUT2D eigenvalue weighted by Crippen LogP contribution is -2.29. The zero-order valence-corrected chi connectivity index (χ0v) is 12.1. The van der Waals surface area contributed by atoms with E-state index in [1.165, 1.54) is 29.9 Å². The molecule has 1 unspecified atom stereocenters. The number of hydrogen-bond donors (Lipinski definition) is 1. The summed E-state index contributed by atoms with van der Waals surface area (Å²) in [5.41, 5.74) is -1.73. The van der Waals surface area contributed by atoms with Crippen LogP contribution in [0.4, 0.5) is 8.78 Å². The molecule has 0 bridgehead atoms. The third kappa shape index (κ3) is 2.31. The van der Waals surface area contributed by atoms with Gasteiger partial charge in [0.15, 0.2) is 11.6 Å². The van der Waals surface area contributed by atoms with Gasteiger partial charge in [0.1, 0.15) is 5.60 Å². The highest BCUT2D eigenvalue weighted by atomic mass is 35.5. The minimum absolute atomic E-state index is 0.0828. The quantitative estimate of drug-likeness (QED) is 0.939. The van der Waals surface area contributed by atoms with Crippen molar-refractivity contribution in [2.45, 2.75) is 32.4 Å². The monoisotopic (exact) mass is 300 g/mol. The molecular formula is C14H15ClF2N2O. The molecule has 20 heavy (non-hydrogen) atoms. The second-order valence-corrected chi connectivity index (χ2v) is 5.46. The first-order valence-corrected chi connectivity index (χ1v) is 6.55. The Balaban J connectivity index is 2.66. The van der Waals surface area contributed by atoms with Gasteiger partial charge in [-0.15, -0.1) is 0 Å². The molecule has 0 fully saturated rings. The summed E-state index contributed by atoms with van der Waals surface area (Å²) in [4.78, 5) is 0. The van der Waals surface area contributed by atoms with E-state index in [0.29, 0.717) is 0 Å². The van der Waals surface area contributed by atoms with Crippen LogP contribution in [-0.2, 0) is 5.60 Å². The average Bonchev–Trinajstić information content (AvgIpc) is 2.75. The molecule has 6 heteroatoms. The summed E-state index contributed by atoms with van der Waals surface area (Å²) in [6, 6.07) is 3.58. The van der Waals surface area contributed by atoms with Gasteiger partial charge in [-0.3, -0.25) is 4.68 Å². The Morgan fingerprint density at radius 1 is 1.35 bits per heavy atom. The Bertz CT molecular complexity index is 638. The van der Waals surface area contributed by atoms with Crippen molar-refractivity contribution in [1.82, 2.24) is 9.78 Å². The van der Waals surface area contributed by atoms with Gasteiger partial charge >= 0.3 is 0 Å². The second kappa shape index (κ2) is 5.14. The van der Waals surface area contributed by atoms with Crippen molar-refractivity contribution in [3.63, 3.8) is 0 Å². The van der Waals surface area contributed by atoms with Crippen LogP contribution in [0.5, 0.6) is 0 Å². The molecule has 0 saturated carbocycles. The van der Waals surface area contributed by atoms with E-state index in [1.54, 1.807) is 0 Å². The summed E-state index contributed by atoms with van der Waals surface area (Å²) in [7, 11) is 0. The minimum Gasteiger partial charge on any atom is -0.379 e. The molecule has 0 aliphatic carbocycles. The molecule has 0 aliphatic rings. The normalized spacial score (nSPS) is 14.6. The smallest absolute Gasteiger partial charge is 0.165 e. The van der Waals surface area contributed by atoms with Crippen LogP contribution in [0.2, 0.25) is 5.02 Å². The first-order valence-electron chi connectivity index (χ1n) is 6.17. The zero-order chi connectivity index (χ0) is 15.1. The second-order valence-electron chi connectivity index (χ2n) is 5.05. The molecule has 1 aromatic carbocycles.